The number of ether oxygens (including phenoxy) is 2. The first-order valence-corrected chi connectivity index (χ1v) is 6.75. The lowest BCUT2D eigenvalue weighted by atomic mass is 10.2. The van der Waals surface area contributed by atoms with Gasteiger partial charge in [0.05, 0.1) is 13.1 Å². The van der Waals surface area contributed by atoms with E-state index in [-0.39, 0.29) is 18.8 Å². The van der Waals surface area contributed by atoms with Crippen LogP contribution in [0.1, 0.15) is 27.7 Å². The Morgan fingerprint density at radius 2 is 1.85 bits per heavy atom. The predicted octanol–water partition coefficient (Wildman–Crippen LogP) is 0.570. The fourth-order valence-electron chi connectivity index (χ4n) is 1.28. The van der Waals surface area contributed by atoms with Gasteiger partial charge in [-0.3, -0.25) is 9.59 Å². The van der Waals surface area contributed by atoms with E-state index in [0.29, 0.717) is 0 Å². The lowest BCUT2D eigenvalue weighted by Crippen LogP contribution is -2.48. The lowest BCUT2D eigenvalue weighted by molar-refractivity contribution is -0.148. The quantitative estimate of drug-likeness (QED) is 0.569. The van der Waals surface area contributed by atoms with Crippen LogP contribution in [-0.4, -0.2) is 53.4 Å². The van der Waals surface area contributed by atoms with Crippen molar-refractivity contribution in [2.75, 3.05) is 18.8 Å². The number of amides is 2. The second-order valence-electron chi connectivity index (χ2n) is 5.10. The fraction of sp³-hybridized carbons (Fsp3) is 0.750. The Morgan fingerprint density at radius 1 is 1.30 bits per heavy atom. The zero-order valence-corrected chi connectivity index (χ0v) is 13.1. The van der Waals surface area contributed by atoms with Crippen molar-refractivity contribution in [2.45, 2.75) is 39.4 Å². The molecule has 0 aromatic heterocycles. The molecule has 1 atom stereocenters. The minimum absolute atomic E-state index is 0.145. The van der Waals surface area contributed by atoms with Crippen LogP contribution in [0.25, 0.3) is 0 Å². The number of esters is 1. The Hall–Kier alpha value is -1.28. The summed E-state index contributed by atoms with van der Waals surface area (Å²) in [6.45, 7) is 5.78. The van der Waals surface area contributed by atoms with E-state index < -0.39 is 29.7 Å². The van der Waals surface area contributed by atoms with Crippen LogP contribution < -0.4 is 5.73 Å². The SMILES string of the molecule is CC(=O)OC(CS)CN(C(=O)CN)C(=O)OC(C)(C)C. The number of rotatable bonds is 5. The van der Waals surface area contributed by atoms with Gasteiger partial charge in [0.2, 0.25) is 5.91 Å². The second kappa shape index (κ2) is 8.11. The molecule has 0 fully saturated rings. The van der Waals surface area contributed by atoms with Crippen molar-refractivity contribution in [3.05, 3.63) is 0 Å². The summed E-state index contributed by atoms with van der Waals surface area (Å²) in [5.74, 6) is -0.969. The number of nitrogens with zero attached hydrogens (tertiary/aromatic N) is 1. The molecule has 0 aromatic carbocycles. The molecule has 0 spiro atoms. The van der Waals surface area contributed by atoms with E-state index >= 15 is 0 Å². The highest BCUT2D eigenvalue weighted by atomic mass is 32.1. The zero-order chi connectivity index (χ0) is 15.9. The summed E-state index contributed by atoms with van der Waals surface area (Å²) < 4.78 is 10.1. The molecular weight excluding hydrogens is 284 g/mol. The van der Waals surface area contributed by atoms with Gasteiger partial charge in [0.15, 0.2) is 0 Å². The number of carbonyl (C=O) groups is 3. The van der Waals surface area contributed by atoms with E-state index in [2.05, 4.69) is 12.6 Å². The minimum Gasteiger partial charge on any atom is -0.460 e. The van der Waals surface area contributed by atoms with Gasteiger partial charge in [-0.05, 0) is 20.8 Å². The van der Waals surface area contributed by atoms with Crippen LogP contribution in [0.15, 0.2) is 0 Å². The molecule has 2 N–H and O–H groups in total. The van der Waals surface area contributed by atoms with Crippen LogP contribution in [0.3, 0.4) is 0 Å². The third kappa shape index (κ3) is 7.34. The van der Waals surface area contributed by atoms with E-state index in [1.165, 1.54) is 6.92 Å². The third-order valence-electron chi connectivity index (χ3n) is 2.01. The highest BCUT2D eigenvalue weighted by Crippen LogP contribution is 2.11. The molecular formula is C12H22N2O5S. The van der Waals surface area contributed by atoms with Gasteiger partial charge in [-0.15, -0.1) is 0 Å². The molecule has 0 heterocycles. The van der Waals surface area contributed by atoms with Gasteiger partial charge in [0.1, 0.15) is 11.7 Å². The smallest absolute Gasteiger partial charge is 0.417 e. The van der Waals surface area contributed by atoms with Gasteiger partial charge in [-0.2, -0.15) is 12.6 Å². The van der Waals surface area contributed by atoms with Crippen LogP contribution in [0, 0.1) is 0 Å². The fourth-order valence-corrected chi connectivity index (χ4v) is 1.47. The van der Waals surface area contributed by atoms with Crippen LogP contribution in [-0.2, 0) is 19.1 Å². The number of carbonyl (C=O) groups excluding carboxylic acids is 3. The topological polar surface area (TPSA) is 98.9 Å². The van der Waals surface area contributed by atoms with Gasteiger partial charge in [0.25, 0.3) is 0 Å². The molecule has 8 heteroatoms. The molecule has 0 aromatic rings. The molecule has 0 radical (unpaired) electrons. The Balaban J connectivity index is 4.92. The molecule has 0 rings (SSSR count). The summed E-state index contributed by atoms with van der Waals surface area (Å²) >= 11 is 4.02. The van der Waals surface area contributed by atoms with Gasteiger partial charge in [-0.25, -0.2) is 9.69 Å². The molecule has 20 heavy (non-hydrogen) atoms. The summed E-state index contributed by atoms with van der Waals surface area (Å²) in [6.07, 6.45) is -1.54. The highest BCUT2D eigenvalue weighted by molar-refractivity contribution is 7.80. The van der Waals surface area contributed by atoms with Crippen molar-refractivity contribution >= 4 is 30.6 Å². The number of nitrogens with two attached hydrogens (primary N) is 1. The van der Waals surface area contributed by atoms with E-state index in [0.717, 1.165) is 4.90 Å². The van der Waals surface area contributed by atoms with Crippen LogP contribution in [0.5, 0.6) is 0 Å². The second-order valence-corrected chi connectivity index (χ2v) is 5.47. The average molecular weight is 306 g/mol. The van der Waals surface area contributed by atoms with Crippen molar-refractivity contribution in [3.8, 4) is 0 Å². The van der Waals surface area contributed by atoms with Crippen LogP contribution in [0.4, 0.5) is 4.79 Å². The van der Waals surface area contributed by atoms with Crippen LogP contribution >= 0.6 is 12.6 Å². The summed E-state index contributed by atoms with van der Waals surface area (Å²) in [6, 6.07) is 0. The van der Waals surface area contributed by atoms with Crippen molar-refractivity contribution in [1.82, 2.24) is 4.90 Å². The monoisotopic (exact) mass is 306 g/mol. The van der Waals surface area contributed by atoms with Crippen LogP contribution in [0.2, 0.25) is 0 Å². The summed E-state index contributed by atoms with van der Waals surface area (Å²) in [5.41, 5.74) is 4.52. The van der Waals surface area contributed by atoms with Gasteiger partial charge >= 0.3 is 12.1 Å². The predicted molar refractivity (Wildman–Crippen MR) is 76.4 cm³/mol. The Bertz CT molecular complexity index is 367. The standard InChI is InChI=1S/C12H22N2O5S/c1-8(15)18-9(7-20)6-14(10(16)5-13)11(17)19-12(2,3)4/h9,20H,5-7,13H2,1-4H3. The molecule has 1 unspecified atom stereocenters. The number of hydrogen-bond acceptors (Lipinski definition) is 7. The van der Waals surface area contributed by atoms with Crippen molar-refractivity contribution in [2.24, 2.45) is 5.73 Å². The maximum atomic E-state index is 12.0. The molecule has 0 aliphatic heterocycles. The average Bonchev–Trinajstić information content (AvgIpc) is 2.30. The molecule has 0 bridgehead atoms. The van der Waals surface area contributed by atoms with Gasteiger partial charge in [0, 0.05) is 12.7 Å². The molecule has 0 saturated carbocycles. The van der Waals surface area contributed by atoms with E-state index in [9.17, 15) is 14.4 Å². The largest absolute Gasteiger partial charge is 0.460 e. The summed E-state index contributed by atoms with van der Waals surface area (Å²) in [7, 11) is 0. The summed E-state index contributed by atoms with van der Waals surface area (Å²) in [5, 5.41) is 0. The number of imide groups is 1. The summed E-state index contributed by atoms with van der Waals surface area (Å²) in [4.78, 5) is 35.4. The Morgan fingerprint density at radius 3 is 2.20 bits per heavy atom. The molecule has 7 nitrogen and oxygen atoms in total. The first kappa shape index (κ1) is 18.7. The molecule has 116 valence electrons. The lowest BCUT2D eigenvalue weighted by Gasteiger charge is -2.28. The minimum atomic E-state index is -0.827. The normalized spacial score (nSPS) is 12.5. The molecule has 0 saturated heterocycles. The van der Waals surface area contributed by atoms with E-state index in [4.69, 9.17) is 15.2 Å². The molecule has 0 aliphatic rings. The third-order valence-corrected chi connectivity index (χ3v) is 2.42. The van der Waals surface area contributed by atoms with E-state index in [1.54, 1.807) is 20.8 Å². The maximum Gasteiger partial charge on any atom is 0.417 e. The Kier molecular flexibility index (Phi) is 7.59. The zero-order valence-electron chi connectivity index (χ0n) is 12.2. The van der Waals surface area contributed by atoms with Gasteiger partial charge < -0.3 is 15.2 Å². The first-order chi connectivity index (χ1) is 9.10. The molecule has 0 aliphatic carbocycles. The number of thiol groups is 1. The molecule has 2 amide bonds. The van der Waals surface area contributed by atoms with E-state index in [1.807, 2.05) is 0 Å². The Labute approximate surface area is 124 Å². The number of hydrogen-bond donors (Lipinski definition) is 2. The van der Waals surface area contributed by atoms with Crippen molar-refractivity contribution < 1.29 is 23.9 Å². The first-order valence-electron chi connectivity index (χ1n) is 6.12. The highest BCUT2D eigenvalue weighted by Gasteiger charge is 2.29. The van der Waals surface area contributed by atoms with Crippen molar-refractivity contribution in [3.63, 3.8) is 0 Å². The van der Waals surface area contributed by atoms with Crippen molar-refractivity contribution in [1.29, 1.82) is 0 Å². The van der Waals surface area contributed by atoms with Gasteiger partial charge in [-0.1, -0.05) is 0 Å². The maximum absolute atomic E-state index is 12.0.